The standard InChI is InChI=1S/C12H15N5O/c13-16-12(14-8-5-6-8)17-7-11(18)15-9-3-1-2-4-10(9)17/h1-4,8H,5-7,13H2,(H,14,16)(H,15,18). The third kappa shape index (κ3) is 2.02. The molecule has 1 aliphatic heterocycles. The molecule has 3 rings (SSSR count). The predicted octanol–water partition coefficient (Wildman–Crippen LogP) is 0.427. The van der Waals surface area contributed by atoms with Gasteiger partial charge in [-0.25, -0.2) is 10.8 Å². The minimum atomic E-state index is -0.0625. The minimum Gasteiger partial charge on any atom is -0.323 e. The molecule has 4 N–H and O–H groups in total. The highest BCUT2D eigenvalue weighted by atomic mass is 16.2. The molecule has 1 amide bonds. The second-order valence-electron chi connectivity index (χ2n) is 4.48. The number of fused-ring (bicyclic) bond motifs is 1. The molecule has 0 bridgehead atoms. The quantitative estimate of drug-likeness (QED) is 0.290. The van der Waals surface area contributed by atoms with Gasteiger partial charge in [0.2, 0.25) is 11.9 Å². The number of carbonyl (C=O) groups excluding carboxylic acids is 1. The summed E-state index contributed by atoms with van der Waals surface area (Å²) in [6.07, 6.45) is 2.18. The first-order valence-corrected chi connectivity index (χ1v) is 5.99. The normalized spacial score (nSPS) is 19.3. The molecule has 0 spiro atoms. The van der Waals surface area contributed by atoms with Gasteiger partial charge in [-0.1, -0.05) is 12.1 Å². The Hall–Kier alpha value is -2.08. The van der Waals surface area contributed by atoms with Crippen LogP contribution in [0.4, 0.5) is 11.4 Å². The fraction of sp³-hybridized carbons (Fsp3) is 0.333. The van der Waals surface area contributed by atoms with E-state index in [4.69, 9.17) is 5.84 Å². The lowest BCUT2D eigenvalue weighted by atomic mass is 10.2. The molecular weight excluding hydrogens is 230 g/mol. The van der Waals surface area contributed by atoms with Crippen molar-refractivity contribution in [2.75, 3.05) is 16.8 Å². The first-order valence-electron chi connectivity index (χ1n) is 5.99. The number of amides is 1. The Kier molecular flexibility index (Phi) is 2.64. The van der Waals surface area contributed by atoms with Gasteiger partial charge in [0.15, 0.2) is 0 Å². The molecule has 6 nitrogen and oxygen atoms in total. The number of para-hydroxylation sites is 2. The SMILES string of the molecule is NNC(=NC1CC1)N1CC(=O)Nc2ccccc21. The Balaban J connectivity index is 1.98. The summed E-state index contributed by atoms with van der Waals surface area (Å²) in [4.78, 5) is 18.0. The average molecular weight is 245 g/mol. The largest absolute Gasteiger partial charge is 0.323 e. The summed E-state index contributed by atoms with van der Waals surface area (Å²) >= 11 is 0. The summed E-state index contributed by atoms with van der Waals surface area (Å²) in [6.45, 7) is 0.229. The maximum Gasteiger partial charge on any atom is 0.244 e. The Morgan fingerprint density at radius 3 is 2.94 bits per heavy atom. The number of nitrogens with one attached hydrogen (secondary N) is 2. The first kappa shape index (κ1) is 11.0. The molecule has 1 aromatic rings. The maximum absolute atomic E-state index is 11.7. The summed E-state index contributed by atoms with van der Waals surface area (Å²) in [5.74, 6) is 6.02. The third-order valence-corrected chi connectivity index (χ3v) is 3.01. The smallest absolute Gasteiger partial charge is 0.244 e. The minimum absolute atomic E-state index is 0.0625. The molecule has 0 aromatic heterocycles. The maximum atomic E-state index is 11.7. The van der Waals surface area contributed by atoms with Crippen LogP contribution in [0.2, 0.25) is 0 Å². The van der Waals surface area contributed by atoms with Gasteiger partial charge in [-0.15, -0.1) is 0 Å². The molecular formula is C12H15N5O. The molecule has 1 aromatic carbocycles. The fourth-order valence-electron chi connectivity index (χ4n) is 1.98. The third-order valence-electron chi connectivity index (χ3n) is 3.01. The molecule has 0 radical (unpaired) electrons. The van der Waals surface area contributed by atoms with Crippen LogP contribution in [-0.4, -0.2) is 24.5 Å². The van der Waals surface area contributed by atoms with E-state index >= 15 is 0 Å². The van der Waals surface area contributed by atoms with Crippen LogP contribution in [0.1, 0.15) is 12.8 Å². The van der Waals surface area contributed by atoms with Crippen LogP contribution in [0.15, 0.2) is 29.3 Å². The zero-order chi connectivity index (χ0) is 12.5. The van der Waals surface area contributed by atoms with E-state index in [1.165, 1.54) is 0 Å². The van der Waals surface area contributed by atoms with Crippen LogP contribution >= 0.6 is 0 Å². The van der Waals surface area contributed by atoms with Gasteiger partial charge >= 0.3 is 0 Å². The second-order valence-corrected chi connectivity index (χ2v) is 4.48. The topological polar surface area (TPSA) is 82.8 Å². The van der Waals surface area contributed by atoms with Crippen molar-refractivity contribution in [1.29, 1.82) is 0 Å². The van der Waals surface area contributed by atoms with Crippen molar-refractivity contribution in [2.45, 2.75) is 18.9 Å². The van der Waals surface area contributed by atoms with Crippen molar-refractivity contribution >= 4 is 23.2 Å². The molecule has 2 aliphatic rings. The van der Waals surface area contributed by atoms with E-state index in [1.54, 1.807) is 0 Å². The molecule has 6 heteroatoms. The first-order chi connectivity index (χ1) is 8.78. The predicted molar refractivity (Wildman–Crippen MR) is 70.2 cm³/mol. The van der Waals surface area contributed by atoms with E-state index in [0.717, 1.165) is 24.2 Å². The Labute approximate surface area is 105 Å². The van der Waals surface area contributed by atoms with E-state index in [0.29, 0.717) is 12.0 Å². The van der Waals surface area contributed by atoms with Gasteiger partial charge in [0.1, 0.15) is 6.54 Å². The van der Waals surface area contributed by atoms with Crippen LogP contribution in [-0.2, 0) is 4.79 Å². The van der Waals surface area contributed by atoms with E-state index < -0.39 is 0 Å². The monoisotopic (exact) mass is 245 g/mol. The molecule has 94 valence electrons. The lowest BCUT2D eigenvalue weighted by Crippen LogP contribution is -2.50. The number of nitrogens with two attached hydrogens (primary N) is 1. The highest BCUT2D eigenvalue weighted by Crippen LogP contribution is 2.30. The Morgan fingerprint density at radius 1 is 1.44 bits per heavy atom. The van der Waals surface area contributed by atoms with Gasteiger partial charge in [-0.3, -0.25) is 10.2 Å². The molecule has 18 heavy (non-hydrogen) atoms. The van der Waals surface area contributed by atoms with Gasteiger partial charge in [-0.2, -0.15) is 0 Å². The number of guanidine groups is 1. The molecule has 0 unspecified atom stereocenters. The summed E-state index contributed by atoms with van der Waals surface area (Å²) in [6, 6.07) is 7.96. The van der Waals surface area contributed by atoms with Crippen molar-refractivity contribution in [3.63, 3.8) is 0 Å². The summed E-state index contributed by atoms with van der Waals surface area (Å²) in [5.41, 5.74) is 4.30. The van der Waals surface area contributed by atoms with Crippen LogP contribution < -0.4 is 21.5 Å². The van der Waals surface area contributed by atoms with E-state index in [9.17, 15) is 4.79 Å². The molecule has 0 atom stereocenters. The summed E-state index contributed by atoms with van der Waals surface area (Å²) < 4.78 is 0. The molecule has 0 saturated heterocycles. The van der Waals surface area contributed by atoms with Crippen LogP contribution in [0.25, 0.3) is 0 Å². The molecule has 1 aliphatic carbocycles. The van der Waals surface area contributed by atoms with Crippen molar-refractivity contribution in [1.82, 2.24) is 5.43 Å². The van der Waals surface area contributed by atoms with Gasteiger partial charge in [0.25, 0.3) is 0 Å². The van der Waals surface area contributed by atoms with Crippen molar-refractivity contribution in [2.24, 2.45) is 10.8 Å². The number of hydrogen-bond acceptors (Lipinski definition) is 3. The van der Waals surface area contributed by atoms with Crippen molar-refractivity contribution in [3.05, 3.63) is 24.3 Å². The van der Waals surface area contributed by atoms with E-state index in [-0.39, 0.29) is 12.5 Å². The zero-order valence-electron chi connectivity index (χ0n) is 9.89. The van der Waals surface area contributed by atoms with E-state index in [2.05, 4.69) is 15.7 Å². The van der Waals surface area contributed by atoms with Gasteiger partial charge < -0.3 is 10.2 Å². The number of benzene rings is 1. The molecule has 1 heterocycles. The van der Waals surface area contributed by atoms with Crippen molar-refractivity contribution in [3.8, 4) is 0 Å². The van der Waals surface area contributed by atoms with Crippen LogP contribution in [0, 0.1) is 0 Å². The lowest BCUT2D eigenvalue weighted by Gasteiger charge is -2.31. The number of nitrogens with zero attached hydrogens (tertiary/aromatic N) is 2. The van der Waals surface area contributed by atoms with E-state index in [1.807, 2.05) is 29.2 Å². The molecule has 1 saturated carbocycles. The number of carbonyl (C=O) groups is 1. The number of rotatable bonds is 1. The number of anilines is 2. The second kappa shape index (κ2) is 4.30. The van der Waals surface area contributed by atoms with Crippen molar-refractivity contribution < 1.29 is 4.79 Å². The van der Waals surface area contributed by atoms with Gasteiger partial charge in [0.05, 0.1) is 17.4 Å². The number of hydrogen-bond donors (Lipinski definition) is 3. The highest BCUT2D eigenvalue weighted by molar-refractivity contribution is 6.10. The zero-order valence-corrected chi connectivity index (χ0v) is 9.89. The van der Waals surface area contributed by atoms with Crippen LogP contribution in [0.3, 0.4) is 0 Å². The fourth-order valence-corrected chi connectivity index (χ4v) is 1.98. The Morgan fingerprint density at radius 2 is 2.22 bits per heavy atom. The van der Waals surface area contributed by atoms with Crippen LogP contribution in [0.5, 0.6) is 0 Å². The van der Waals surface area contributed by atoms with Gasteiger partial charge in [0, 0.05) is 0 Å². The molecule has 1 fully saturated rings. The summed E-state index contributed by atoms with van der Waals surface area (Å²) in [7, 11) is 0. The number of hydrazine groups is 1. The highest BCUT2D eigenvalue weighted by Gasteiger charge is 2.28. The number of aliphatic imine (C=N–C) groups is 1. The Bertz CT molecular complexity index is 509. The lowest BCUT2D eigenvalue weighted by molar-refractivity contribution is -0.115. The average Bonchev–Trinajstić information content (AvgIpc) is 3.19. The summed E-state index contributed by atoms with van der Waals surface area (Å²) in [5, 5.41) is 2.83. The van der Waals surface area contributed by atoms with Gasteiger partial charge in [-0.05, 0) is 25.0 Å².